The van der Waals surface area contributed by atoms with Gasteiger partial charge in [-0.05, 0) is 28.8 Å². The van der Waals surface area contributed by atoms with Gasteiger partial charge in [-0.25, -0.2) is 4.98 Å². The Hall–Kier alpha value is -3.38. The van der Waals surface area contributed by atoms with Crippen LogP contribution in [0.4, 0.5) is 0 Å². The van der Waals surface area contributed by atoms with E-state index in [1.54, 1.807) is 0 Å². The molecule has 4 rings (SSSR count). The van der Waals surface area contributed by atoms with Gasteiger partial charge in [0.25, 0.3) is 0 Å². The third kappa shape index (κ3) is 2.55. The molecule has 114 valence electrons. The summed E-state index contributed by atoms with van der Waals surface area (Å²) in [5, 5.41) is 8.77. The van der Waals surface area contributed by atoms with Gasteiger partial charge in [0.15, 0.2) is 0 Å². The number of fused-ring (bicyclic) bond motifs is 1. The number of imidazole rings is 1. The second-order valence-corrected chi connectivity index (χ2v) is 5.68. The summed E-state index contributed by atoms with van der Waals surface area (Å²) < 4.78 is 2.09. The molecule has 3 nitrogen and oxygen atoms in total. The molecule has 4 aromatic rings. The molecule has 0 saturated carbocycles. The van der Waals surface area contributed by atoms with Crippen molar-refractivity contribution < 1.29 is 0 Å². The van der Waals surface area contributed by atoms with Gasteiger partial charge in [-0.2, -0.15) is 5.26 Å². The van der Waals surface area contributed by atoms with Gasteiger partial charge in [0.2, 0.25) is 0 Å². The first-order valence-corrected chi connectivity index (χ1v) is 7.84. The fourth-order valence-electron chi connectivity index (χ4n) is 2.89. The van der Waals surface area contributed by atoms with Crippen LogP contribution >= 0.6 is 0 Å². The summed E-state index contributed by atoms with van der Waals surface area (Å²) in [4.78, 5) is 4.55. The fraction of sp³-hybridized carbons (Fsp3) is 0.0476. The lowest BCUT2D eigenvalue weighted by Crippen LogP contribution is -1.89. The SMILES string of the molecule is N#CCc1ccc(-c2cnc3cc(-c4ccccc4)ccn23)cc1. The van der Waals surface area contributed by atoms with Crippen LogP contribution in [0.15, 0.2) is 79.1 Å². The number of pyridine rings is 1. The Morgan fingerprint density at radius 1 is 0.875 bits per heavy atom. The van der Waals surface area contributed by atoms with Crippen molar-refractivity contribution in [3.05, 3.63) is 84.7 Å². The van der Waals surface area contributed by atoms with Crippen LogP contribution in [-0.4, -0.2) is 9.38 Å². The summed E-state index contributed by atoms with van der Waals surface area (Å²) in [5.74, 6) is 0. The quantitative estimate of drug-likeness (QED) is 0.549. The van der Waals surface area contributed by atoms with Crippen molar-refractivity contribution in [3.8, 4) is 28.5 Å². The largest absolute Gasteiger partial charge is 0.300 e. The zero-order chi connectivity index (χ0) is 16.4. The van der Waals surface area contributed by atoms with Gasteiger partial charge in [0.05, 0.1) is 24.4 Å². The Labute approximate surface area is 140 Å². The lowest BCUT2D eigenvalue weighted by atomic mass is 10.1. The topological polar surface area (TPSA) is 41.1 Å². The summed E-state index contributed by atoms with van der Waals surface area (Å²) in [6.45, 7) is 0. The van der Waals surface area contributed by atoms with Crippen LogP contribution in [0.2, 0.25) is 0 Å². The van der Waals surface area contributed by atoms with Gasteiger partial charge < -0.3 is 0 Å². The van der Waals surface area contributed by atoms with E-state index in [-0.39, 0.29) is 0 Å². The summed E-state index contributed by atoms with van der Waals surface area (Å²) in [7, 11) is 0. The Balaban J connectivity index is 1.74. The number of hydrogen-bond donors (Lipinski definition) is 0. The zero-order valence-electron chi connectivity index (χ0n) is 13.1. The van der Waals surface area contributed by atoms with Crippen molar-refractivity contribution >= 4 is 5.65 Å². The molecule has 0 amide bonds. The normalized spacial score (nSPS) is 10.6. The highest BCUT2D eigenvalue weighted by Crippen LogP contribution is 2.25. The summed E-state index contributed by atoms with van der Waals surface area (Å²) in [6.07, 6.45) is 4.39. The Morgan fingerprint density at radius 3 is 2.42 bits per heavy atom. The average molecular weight is 309 g/mol. The van der Waals surface area contributed by atoms with Crippen molar-refractivity contribution in [3.63, 3.8) is 0 Å². The van der Waals surface area contributed by atoms with E-state index in [4.69, 9.17) is 5.26 Å². The predicted octanol–water partition coefficient (Wildman–Crippen LogP) is 4.73. The molecule has 0 radical (unpaired) electrons. The molecule has 0 aliphatic rings. The van der Waals surface area contributed by atoms with E-state index in [0.29, 0.717) is 6.42 Å². The van der Waals surface area contributed by atoms with E-state index >= 15 is 0 Å². The molecular weight excluding hydrogens is 294 g/mol. The van der Waals surface area contributed by atoms with Gasteiger partial charge in [0, 0.05) is 11.8 Å². The molecule has 0 bridgehead atoms. The van der Waals surface area contributed by atoms with E-state index in [1.165, 1.54) is 5.56 Å². The maximum absolute atomic E-state index is 8.77. The van der Waals surface area contributed by atoms with Gasteiger partial charge in [-0.1, -0.05) is 54.6 Å². The minimum absolute atomic E-state index is 0.438. The average Bonchev–Trinajstić information content (AvgIpc) is 3.06. The molecule has 2 aromatic heterocycles. The van der Waals surface area contributed by atoms with Crippen LogP contribution < -0.4 is 0 Å². The number of nitrogens with zero attached hydrogens (tertiary/aromatic N) is 3. The van der Waals surface area contributed by atoms with Gasteiger partial charge in [-0.15, -0.1) is 0 Å². The molecule has 0 unspecified atom stereocenters. The lowest BCUT2D eigenvalue weighted by molar-refractivity contribution is 1.19. The smallest absolute Gasteiger partial charge is 0.137 e. The van der Waals surface area contributed by atoms with E-state index in [9.17, 15) is 0 Å². The van der Waals surface area contributed by atoms with Crippen molar-refractivity contribution in [2.75, 3.05) is 0 Å². The molecule has 0 aliphatic heterocycles. The molecule has 0 spiro atoms. The number of rotatable bonds is 3. The van der Waals surface area contributed by atoms with Crippen LogP contribution in [0.25, 0.3) is 28.0 Å². The van der Waals surface area contributed by atoms with Crippen LogP contribution in [-0.2, 0) is 6.42 Å². The molecule has 0 atom stereocenters. The number of nitriles is 1. The second kappa shape index (κ2) is 6.02. The molecule has 24 heavy (non-hydrogen) atoms. The Morgan fingerprint density at radius 2 is 1.67 bits per heavy atom. The Kier molecular flexibility index (Phi) is 3.57. The minimum Gasteiger partial charge on any atom is -0.300 e. The monoisotopic (exact) mass is 309 g/mol. The lowest BCUT2D eigenvalue weighted by Gasteiger charge is -2.05. The molecule has 3 heteroatoms. The molecular formula is C21H15N3. The molecule has 2 aromatic carbocycles. The Bertz CT molecular complexity index is 1020. The van der Waals surface area contributed by atoms with E-state index in [2.05, 4.69) is 45.9 Å². The van der Waals surface area contributed by atoms with Crippen molar-refractivity contribution in [1.29, 1.82) is 5.26 Å². The maximum atomic E-state index is 8.77. The first-order chi connectivity index (χ1) is 11.8. The van der Waals surface area contributed by atoms with Crippen LogP contribution in [0.1, 0.15) is 5.56 Å². The number of hydrogen-bond acceptors (Lipinski definition) is 2. The van der Waals surface area contributed by atoms with E-state index in [0.717, 1.165) is 28.0 Å². The second-order valence-electron chi connectivity index (χ2n) is 5.68. The maximum Gasteiger partial charge on any atom is 0.137 e. The molecule has 2 heterocycles. The van der Waals surface area contributed by atoms with Gasteiger partial charge in [0.1, 0.15) is 5.65 Å². The van der Waals surface area contributed by atoms with Crippen molar-refractivity contribution in [1.82, 2.24) is 9.38 Å². The van der Waals surface area contributed by atoms with Crippen LogP contribution in [0, 0.1) is 11.3 Å². The van der Waals surface area contributed by atoms with Gasteiger partial charge in [-0.3, -0.25) is 4.40 Å². The summed E-state index contributed by atoms with van der Waals surface area (Å²) in [5.41, 5.74) is 6.44. The third-order valence-corrected chi connectivity index (χ3v) is 4.15. The first kappa shape index (κ1) is 14.2. The molecule has 0 aliphatic carbocycles. The molecule has 0 saturated heterocycles. The van der Waals surface area contributed by atoms with Crippen molar-refractivity contribution in [2.45, 2.75) is 6.42 Å². The highest BCUT2D eigenvalue weighted by atomic mass is 15.0. The van der Waals surface area contributed by atoms with E-state index in [1.807, 2.05) is 48.7 Å². The molecule has 0 N–H and O–H groups in total. The number of aromatic nitrogens is 2. The highest BCUT2D eigenvalue weighted by Gasteiger charge is 2.07. The zero-order valence-corrected chi connectivity index (χ0v) is 13.1. The third-order valence-electron chi connectivity index (χ3n) is 4.15. The predicted molar refractivity (Wildman–Crippen MR) is 95.4 cm³/mol. The first-order valence-electron chi connectivity index (χ1n) is 7.84. The molecule has 0 fully saturated rings. The van der Waals surface area contributed by atoms with Crippen LogP contribution in [0.5, 0.6) is 0 Å². The summed E-state index contributed by atoms with van der Waals surface area (Å²) >= 11 is 0. The standard InChI is InChI=1S/C21H15N3/c22-12-10-16-6-8-18(9-7-16)20-15-23-21-14-19(11-13-24(20)21)17-4-2-1-3-5-17/h1-9,11,13-15H,10H2. The minimum atomic E-state index is 0.438. The van der Waals surface area contributed by atoms with Gasteiger partial charge >= 0.3 is 0 Å². The number of benzene rings is 2. The van der Waals surface area contributed by atoms with Crippen molar-refractivity contribution in [2.24, 2.45) is 0 Å². The van der Waals surface area contributed by atoms with E-state index < -0.39 is 0 Å². The fourth-order valence-corrected chi connectivity index (χ4v) is 2.89. The highest BCUT2D eigenvalue weighted by molar-refractivity contribution is 5.70. The van der Waals surface area contributed by atoms with Crippen LogP contribution in [0.3, 0.4) is 0 Å². The summed E-state index contributed by atoms with van der Waals surface area (Å²) in [6, 6.07) is 24.8.